The topological polar surface area (TPSA) is 72.9 Å². The first kappa shape index (κ1) is 14.7. The summed E-state index contributed by atoms with van der Waals surface area (Å²) >= 11 is 0. The standard InChI is InChI=1S/C13H24N4O/c1-10(2)7-12(8-14)13(18)16-11(3)9-17-6-4-5-15-17/h4-6,10-12H,7-9,14H2,1-3H3,(H,16,18). The largest absolute Gasteiger partial charge is 0.352 e. The molecule has 0 aliphatic rings. The van der Waals surface area contributed by atoms with E-state index < -0.39 is 0 Å². The van der Waals surface area contributed by atoms with Crippen LogP contribution in [0.25, 0.3) is 0 Å². The second-order valence-electron chi connectivity index (χ2n) is 5.20. The number of carbonyl (C=O) groups excluding carboxylic acids is 1. The normalized spacial score (nSPS) is 14.5. The smallest absolute Gasteiger partial charge is 0.224 e. The summed E-state index contributed by atoms with van der Waals surface area (Å²) in [6.45, 7) is 7.25. The van der Waals surface area contributed by atoms with E-state index in [1.54, 1.807) is 6.20 Å². The van der Waals surface area contributed by atoms with Crippen molar-refractivity contribution in [3.8, 4) is 0 Å². The zero-order chi connectivity index (χ0) is 13.5. The van der Waals surface area contributed by atoms with E-state index in [-0.39, 0.29) is 17.9 Å². The first-order valence-corrected chi connectivity index (χ1v) is 6.50. The van der Waals surface area contributed by atoms with Crippen LogP contribution in [0, 0.1) is 11.8 Å². The second-order valence-corrected chi connectivity index (χ2v) is 5.20. The number of aromatic nitrogens is 2. The molecule has 1 amide bonds. The summed E-state index contributed by atoms with van der Waals surface area (Å²) in [6, 6.07) is 1.93. The highest BCUT2D eigenvalue weighted by Crippen LogP contribution is 2.10. The van der Waals surface area contributed by atoms with Crippen LogP contribution >= 0.6 is 0 Å². The van der Waals surface area contributed by atoms with E-state index in [0.717, 1.165) is 6.42 Å². The fraction of sp³-hybridized carbons (Fsp3) is 0.692. The third-order valence-electron chi connectivity index (χ3n) is 2.82. The first-order valence-electron chi connectivity index (χ1n) is 6.50. The SMILES string of the molecule is CC(C)CC(CN)C(=O)NC(C)Cn1cccn1. The van der Waals surface area contributed by atoms with E-state index >= 15 is 0 Å². The average Bonchev–Trinajstić information content (AvgIpc) is 2.77. The molecule has 5 nitrogen and oxygen atoms in total. The molecule has 0 radical (unpaired) electrons. The Bertz CT molecular complexity index is 348. The van der Waals surface area contributed by atoms with Crippen LogP contribution in [-0.2, 0) is 11.3 Å². The molecule has 0 bridgehead atoms. The molecule has 0 aliphatic carbocycles. The van der Waals surface area contributed by atoms with E-state index in [4.69, 9.17) is 5.73 Å². The molecule has 0 aliphatic heterocycles. The summed E-state index contributed by atoms with van der Waals surface area (Å²) in [5.74, 6) is 0.432. The quantitative estimate of drug-likeness (QED) is 0.760. The third kappa shape index (κ3) is 4.87. The molecule has 5 heteroatoms. The molecule has 0 saturated carbocycles. The predicted octanol–water partition coefficient (Wildman–Crippen LogP) is 1.01. The number of nitrogens with one attached hydrogen (secondary N) is 1. The van der Waals surface area contributed by atoms with Gasteiger partial charge in [-0.1, -0.05) is 13.8 Å². The molecule has 2 unspecified atom stereocenters. The fourth-order valence-corrected chi connectivity index (χ4v) is 1.97. The molecule has 18 heavy (non-hydrogen) atoms. The molecular weight excluding hydrogens is 228 g/mol. The number of rotatable bonds is 7. The minimum Gasteiger partial charge on any atom is -0.352 e. The van der Waals surface area contributed by atoms with Crippen LogP contribution in [0.3, 0.4) is 0 Å². The summed E-state index contributed by atoms with van der Waals surface area (Å²) in [7, 11) is 0. The van der Waals surface area contributed by atoms with Crippen molar-refractivity contribution >= 4 is 5.91 Å². The van der Waals surface area contributed by atoms with Gasteiger partial charge in [-0.25, -0.2) is 0 Å². The molecule has 1 heterocycles. The molecule has 0 spiro atoms. The van der Waals surface area contributed by atoms with Gasteiger partial charge in [-0.2, -0.15) is 5.10 Å². The number of nitrogens with zero attached hydrogens (tertiary/aromatic N) is 2. The van der Waals surface area contributed by atoms with Crippen molar-refractivity contribution in [3.05, 3.63) is 18.5 Å². The maximum absolute atomic E-state index is 12.0. The lowest BCUT2D eigenvalue weighted by molar-refractivity contribution is -0.125. The molecule has 1 aromatic heterocycles. The maximum Gasteiger partial charge on any atom is 0.224 e. The fourth-order valence-electron chi connectivity index (χ4n) is 1.97. The summed E-state index contributed by atoms with van der Waals surface area (Å²) in [5, 5.41) is 7.11. The van der Waals surface area contributed by atoms with Crippen molar-refractivity contribution in [3.63, 3.8) is 0 Å². The summed E-state index contributed by atoms with van der Waals surface area (Å²) in [4.78, 5) is 12.0. The van der Waals surface area contributed by atoms with Crippen molar-refractivity contribution < 1.29 is 4.79 Å². The summed E-state index contributed by atoms with van der Waals surface area (Å²) in [6.07, 6.45) is 4.45. The highest BCUT2D eigenvalue weighted by Gasteiger charge is 2.19. The Kier molecular flexibility index (Phi) is 5.85. The molecule has 0 fully saturated rings. The van der Waals surface area contributed by atoms with Crippen LogP contribution < -0.4 is 11.1 Å². The lowest BCUT2D eigenvalue weighted by Crippen LogP contribution is -2.42. The lowest BCUT2D eigenvalue weighted by atomic mass is 9.96. The summed E-state index contributed by atoms with van der Waals surface area (Å²) in [5.41, 5.74) is 5.66. The van der Waals surface area contributed by atoms with Crippen LogP contribution in [0.1, 0.15) is 27.2 Å². The van der Waals surface area contributed by atoms with Crippen LogP contribution in [0.5, 0.6) is 0 Å². The Morgan fingerprint density at radius 2 is 2.17 bits per heavy atom. The lowest BCUT2D eigenvalue weighted by Gasteiger charge is -2.20. The van der Waals surface area contributed by atoms with E-state index in [2.05, 4.69) is 24.3 Å². The zero-order valence-electron chi connectivity index (χ0n) is 11.5. The number of nitrogens with two attached hydrogens (primary N) is 1. The number of carbonyl (C=O) groups is 1. The van der Waals surface area contributed by atoms with Crippen molar-refractivity contribution in [1.82, 2.24) is 15.1 Å². The predicted molar refractivity (Wildman–Crippen MR) is 71.8 cm³/mol. The highest BCUT2D eigenvalue weighted by atomic mass is 16.1. The van der Waals surface area contributed by atoms with Gasteiger partial charge < -0.3 is 11.1 Å². The number of hydrogen-bond acceptors (Lipinski definition) is 3. The molecule has 102 valence electrons. The van der Waals surface area contributed by atoms with E-state index in [0.29, 0.717) is 19.0 Å². The van der Waals surface area contributed by atoms with E-state index in [1.165, 1.54) is 0 Å². The summed E-state index contributed by atoms with van der Waals surface area (Å²) < 4.78 is 1.81. The van der Waals surface area contributed by atoms with Crippen LogP contribution in [0.4, 0.5) is 0 Å². The molecular formula is C13H24N4O. The van der Waals surface area contributed by atoms with E-state index in [9.17, 15) is 4.79 Å². The molecule has 0 aromatic carbocycles. The van der Waals surface area contributed by atoms with Gasteiger partial charge in [-0.15, -0.1) is 0 Å². The minimum absolute atomic E-state index is 0.0471. The maximum atomic E-state index is 12.0. The van der Waals surface area contributed by atoms with Gasteiger partial charge in [0.25, 0.3) is 0 Å². The highest BCUT2D eigenvalue weighted by molar-refractivity contribution is 5.79. The minimum atomic E-state index is -0.0925. The Labute approximate surface area is 109 Å². The van der Waals surface area contributed by atoms with Gasteiger partial charge in [0.2, 0.25) is 5.91 Å². The third-order valence-corrected chi connectivity index (χ3v) is 2.82. The van der Waals surface area contributed by atoms with Gasteiger partial charge in [0.05, 0.1) is 12.5 Å². The van der Waals surface area contributed by atoms with Crippen LogP contribution in [0.2, 0.25) is 0 Å². The van der Waals surface area contributed by atoms with Gasteiger partial charge in [0.15, 0.2) is 0 Å². The van der Waals surface area contributed by atoms with Crippen molar-refractivity contribution in [2.75, 3.05) is 6.54 Å². The van der Waals surface area contributed by atoms with Crippen LogP contribution in [-0.4, -0.2) is 28.3 Å². The Balaban J connectivity index is 2.42. The first-order chi connectivity index (χ1) is 8.52. The zero-order valence-corrected chi connectivity index (χ0v) is 11.5. The van der Waals surface area contributed by atoms with Gasteiger partial charge in [0, 0.05) is 25.0 Å². The molecule has 1 rings (SSSR count). The van der Waals surface area contributed by atoms with Gasteiger partial charge in [-0.3, -0.25) is 9.48 Å². The number of amides is 1. The molecule has 1 aromatic rings. The monoisotopic (exact) mass is 252 g/mol. The number of hydrogen-bond donors (Lipinski definition) is 2. The van der Waals surface area contributed by atoms with Gasteiger partial charge >= 0.3 is 0 Å². The molecule has 0 saturated heterocycles. The van der Waals surface area contributed by atoms with Gasteiger partial charge in [0.1, 0.15) is 0 Å². The molecule has 2 atom stereocenters. The molecule has 3 N–H and O–H groups in total. The van der Waals surface area contributed by atoms with Crippen molar-refractivity contribution in [2.24, 2.45) is 17.6 Å². The second kappa shape index (κ2) is 7.16. The van der Waals surface area contributed by atoms with E-state index in [1.807, 2.05) is 23.9 Å². The van der Waals surface area contributed by atoms with Gasteiger partial charge in [-0.05, 0) is 25.3 Å². The Morgan fingerprint density at radius 3 is 2.67 bits per heavy atom. The Hall–Kier alpha value is -1.36. The van der Waals surface area contributed by atoms with Crippen molar-refractivity contribution in [2.45, 2.75) is 39.8 Å². The average molecular weight is 252 g/mol. The Morgan fingerprint density at radius 1 is 1.44 bits per heavy atom. The van der Waals surface area contributed by atoms with Crippen molar-refractivity contribution in [1.29, 1.82) is 0 Å². The van der Waals surface area contributed by atoms with Crippen LogP contribution in [0.15, 0.2) is 18.5 Å².